The van der Waals surface area contributed by atoms with Crippen molar-refractivity contribution >= 4 is 29.1 Å². The molecule has 2 saturated heterocycles. The standard InChI is InChI=1S/C24H35ClN4O2/c1-16-14-28(10-11-29(16)24(31)18-6-3-4-7-18)15-19-12-20(25)13-22(17(19)2)27-23(30)21-8-5-9-26-21/h12-13,16,18,21,26H,3-11,14-15H2,1-2H3,(H,27,30)/t16-,21?/m0/s1. The van der Waals surface area contributed by atoms with Gasteiger partial charge < -0.3 is 15.5 Å². The number of halogens is 1. The summed E-state index contributed by atoms with van der Waals surface area (Å²) in [5, 5.41) is 6.96. The van der Waals surface area contributed by atoms with Gasteiger partial charge in [0.25, 0.3) is 0 Å². The molecule has 3 aliphatic rings. The number of benzene rings is 1. The average molecular weight is 447 g/mol. The highest BCUT2D eigenvalue weighted by Crippen LogP contribution is 2.30. The molecule has 3 fully saturated rings. The molecular weight excluding hydrogens is 412 g/mol. The zero-order chi connectivity index (χ0) is 22.0. The maximum absolute atomic E-state index is 12.9. The highest BCUT2D eigenvalue weighted by Gasteiger charge is 2.33. The topological polar surface area (TPSA) is 64.7 Å². The first-order valence-corrected chi connectivity index (χ1v) is 12.2. The Hall–Kier alpha value is -1.63. The summed E-state index contributed by atoms with van der Waals surface area (Å²) in [5.41, 5.74) is 2.99. The predicted octanol–water partition coefficient (Wildman–Crippen LogP) is 3.56. The van der Waals surface area contributed by atoms with Gasteiger partial charge in [0, 0.05) is 48.8 Å². The number of nitrogens with one attached hydrogen (secondary N) is 2. The fraction of sp³-hybridized carbons (Fsp3) is 0.667. The summed E-state index contributed by atoms with van der Waals surface area (Å²) in [5.74, 6) is 0.611. The zero-order valence-electron chi connectivity index (χ0n) is 18.8. The Labute approximate surface area is 190 Å². The first kappa shape index (κ1) is 22.6. The van der Waals surface area contributed by atoms with Crippen LogP contribution in [0.4, 0.5) is 5.69 Å². The van der Waals surface area contributed by atoms with E-state index in [2.05, 4.69) is 27.4 Å². The lowest BCUT2D eigenvalue weighted by Crippen LogP contribution is -2.54. The molecule has 1 aromatic rings. The van der Waals surface area contributed by atoms with Crippen LogP contribution in [-0.4, -0.2) is 59.9 Å². The molecular formula is C24H35ClN4O2. The number of hydrogen-bond acceptors (Lipinski definition) is 4. The number of nitrogens with zero attached hydrogens (tertiary/aromatic N) is 2. The van der Waals surface area contributed by atoms with Gasteiger partial charge in [-0.05, 0) is 69.3 Å². The van der Waals surface area contributed by atoms with Crippen LogP contribution in [0.25, 0.3) is 0 Å². The van der Waals surface area contributed by atoms with Crippen molar-refractivity contribution in [2.75, 3.05) is 31.5 Å². The van der Waals surface area contributed by atoms with E-state index in [0.29, 0.717) is 10.9 Å². The summed E-state index contributed by atoms with van der Waals surface area (Å²) < 4.78 is 0. The molecule has 1 saturated carbocycles. The molecule has 170 valence electrons. The normalized spacial score (nSPS) is 25.2. The SMILES string of the molecule is Cc1c(CN2CCN(C(=O)C3CCCC3)[C@@H](C)C2)cc(Cl)cc1NC(=O)C1CCCN1. The van der Waals surface area contributed by atoms with E-state index >= 15 is 0 Å². The van der Waals surface area contributed by atoms with Crippen LogP contribution in [0.1, 0.15) is 56.6 Å². The summed E-state index contributed by atoms with van der Waals surface area (Å²) in [6.07, 6.45) is 6.39. The number of hydrogen-bond donors (Lipinski definition) is 2. The van der Waals surface area contributed by atoms with Crippen LogP contribution in [0.15, 0.2) is 12.1 Å². The monoisotopic (exact) mass is 446 g/mol. The highest BCUT2D eigenvalue weighted by molar-refractivity contribution is 6.31. The fourth-order valence-corrected chi connectivity index (χ4v) is 5.55. The molecule has 31 heavy (non-hydrogen) atoms. The Morgan fingerprint density at radius 1 is 1.16 bits per heavy atom. The minimum Gasteiger partial charge on any atom is -0.337 e. The van der Waals surface area contributed by atoms with Gasteiger partial charge in [-0.2, -0.15) is 0 Å². The first-order chi connectivity index (χ1) is 14.9. The Morgan fingerprint density at radius 2 is 1.94 bits per heavy atom. The van der Waals surface area contributed by atoms with Crippen LogP contribution in [0.5, 0.6) is 0 Å². The number of carbonyl (C=O) groups is 2. The molecule has 2 amide bonds. The van der Waals surface area contributed by atoms with Crippen molar-refractivity contribution in [3.8, 4) is 0 Å². The van der Waals surface area contributed by atoms with Gasteiger partial charge in [0.2, 0.25) is 11.8 Å². The molecule has 0 aromatic heterocycles. The lowest BCUT2D eigenvalue weighted by atomic mass is 10.0. The fourth-order valence-electron chi connectivity index (χ4n) is 5.31. The summed E-state index contributed by atoms with van der Waals surface area (Å²) >= 11 is 6.41. The van der Waals surface area contributed by atoms with Gasteiger partial charge in [0.15, 0.2) is 0 Å². The molecule has 2 aliphatic heterocycles. The average Bonchev–Trinajstić information content (AvgIpc) is 3.45. The smallest absolute Gasteiger partial charge is 0.241 e. The van der Waals surface area contributed by atoms with Crippen LogP contribution in [-0.2, 0) is 16.1 Å². The van der Waals surface area contributed by atoms with Gasteiger partial charge in [0.1, 0.15) is 0 Å². The first-order valence-electron chi connectivity index (χ1n) is 11.8. The maximum Gasteiger partial charge on any atom is 0.241 e. The van der Waals surface area contributed by atoms with Gasteiger partial charge in [-0.3, -0.25) is 14.5 Å². The van der Waals surface area contributed by atoms with Crippen LogP contribution in [0.3, 0.4) is 0 Å². The van der Waals surface area contributed by atoms with Crippen molar-refractivity contribution in [1.82, 2.24) is 15.1 Å². The molecule has 2 N–H and O–H groups in total. The second-order valence-electron chi connectivity index (χ2n) is 9.47. The Bertz CT molecular complexity index is 818. The van der Waals surface area contributed by atoms with Gasteiger partial charge >= 0.3 is 0 Å². The van der Waals surface area contributed by atoms with Gasteiger partial charge in [0.05, 0.1) is 6.04 Å². The summed E-state index contributed by atoms with van der Waals surface area (Å²) in [6.45, 7) is 8.38. The van der Waals surface area contributed by atoms with Gasteiger partial charge in [-0.15, -0.1) is 0 Å². The summed E-state index contributed by atoms with van der Waals surface area (Å²) in [7, 11) is 0. The van der Waals surface area contributed by atoms with Crippen LogP contribution in [0.2, 0.25) is 5.02 Å². The third kappa shape index (κ3) is 5.24. The number of carbonyl (C=O) groups excluding carboxylic acids is 2. The third-order valence-electron chi connectivity index (χ3n) is 7.21. The second-order valence-corrected chi connectivity index (χ2v) is 9.91. The van der Waals surface area contributed by atoms with Gasteiger partial charge in [-0.1, -0.05) is 24.4 Å². The van der Waals surface area contributed by atoms with Crippen LogP contribution < -0.4 is 10.6 Å². The minimum absolute atomic E-state index is 0.0153. The van der Waals surface area contributed by atoms with Crippen molar-refractivity contribution in [1.29, 1.82) is 0 Å². The molecule has 2 atom stereocenters. The predicted molar refractivity (Wildman–Crippen MR) is 124 cm³/mol. The number of amides is 2. The molecule has 7 heteroatoms. The largest absolute Gasteiger partial charge is 0.337 e. The minimum atomic E-state index is -0.117. The van der Waals surface area contributed by atoms with Crippen LogP contribution >= 0.6 is 11.6 Å². The van der Waals surface area contributed by atoms with E-state index in [-0.39, 0.29) is 23.9 Å². The second kappa shape index (κ2) is 9.88. The van der Waals surface area contributed by atoms with Crippen molar-refractivity contribution < 1.29 is 9.59 Å². The molecule has 6 nitrogen and oxygen atoms in total. The van der Waals surface area contributed by atoms with Crippen molar-refractivity contribution in [3.63, 3.8) is 0 Å². The molecule has 0 spiro atoms. The molecule has 1 unspecified atom stereocenters. The molecule has 4 rings (SSSR count). The molecule has 1 aromatic carbocycles. The number of anilines is 1. The quantitative estimate of drug-likeness (QED) is 0.725. The van der Waals surface area contributed by atoms with Crippen molar-refractivity contribution in [2.24, 2.45) is 5.92 Å². The Balaban J connectivity index is 1.39. The Kier molecular flexibility index (Phi) is 7.19. The highest BCUT2D eigenvalue weighted by atomic mass is 35.5. The van der Waals surface area contributed by atoms with E-state index in [1.54, 1.807) is 0 Å². The lowest BCUT2D eigenvalue weighted by molar-refractivity contribution is -0.140. The molecule has 2 heterocycles. The van der Waals surface area contributed by atoms with E-state index in [4.69, 9.17) is 11.6 Å². The van der Waals surface area contributed by atoms with Crippen molar-refractivity contribution in [3.05, 3.63) is 28.3 Å². The van der Waals surface area contributed by atoms with E-state index < -0.39 is 0 Å². The third-order valence-corrected chi connectivity index (χ3v) is 7.43. The summed E-state index contributed by atoms with van der Waals surface area (Å²) in [6, 6.07) is 3.94. The van der Waals surface area contributed by atoms with Crippen molar-refractivity contribution in [2.45, 2.75) is 71.0 Å². The van der Waals surface area contributed by atoms with E-state index in [1.807, 2.05) is 19.1 Å². The summed E-state index contributed by atoms with van der Waals surface area (Å²) in [4.78, 5) is 29.9. The molecule has 0 radical (unpaired) electrons. The van der Waals surface area contributed by atoms with Crippen LogP contribution in [0, 0.1) is 12.8 Å². The number of piperazine rings is 1. The Morgan fingerprint density at radius 3 is 2.61 bits per heavy atom. The van der Waals surface area contributed by atoms with E-state index in [9.17, 15) is 9.59 Å². The number of rotatable bonds is 5. The maximum atomic E-state index is 12.9. The lowest BCUT2D eigenvalue weighted by Gasteiger charge is -2.41. The molecule has 1 aliphatic carbocycles. The van der Waals surface area contributed by atoms with Gasteiger partial charge in [-0.25, -0.2) is 0 Å². The van der Waals surface area contributed by atoms with E-state index in [0.717, 1.165) is 75.2 Å². The zero-order valence-corrected chi connectivity index (χ0v) is 19.5. The van der Waals surface area contributed by atoms with E-state index in [1.165, 1.54) is 12.8 Å². The molecule has 0 bridgehead atoms.